The van der Waals surface area contributed by atoms with Gasteiger partial charge < -0.3 is 4.57 Å². The van der Waals surface area contributed by atoms with Crippen LogP contribution in [-0.4, -0.2) is 26.3 Å². The monoisotopic (exact) mass is 243 g/mol. The standard InChI is InChI=1S/C15H21NSi/c1-11(2)17-16-14-9-5-3-7-12(14)13-8-4-6-10-15(13)16/h3-15H,17H2,1-2H3. The van der Waals surface area contributed by atoms with E-state index in [0.717, 1.165) is 5.54 Å². The Morgan fingerprint density at radius 1 is 0.824 bits per heavy atom. The van der Waals surface area contributed by atoms with E-state index >= 15 is 0 Å². The van der Waals surface area contributed by atoms with Gasteiger partial charge in [0.2, 0.25) is 0 Å². The summed E-state index contributed by atoms with van der Waals surface area (Å²) >= 11 is 0. The van der Waals surface area contributed by atoms with Crippen molar-refractivity contribution in [1.82, 2.24) is 4.57 Å². The minimum atomic E-state index is -0.146. The molecule has 0 aromatic carbocycles. The molecule has 0 saturated carbocycles. The Kier molecular flexibility index (Phi) is 2.93. The van der Waals surface area contributed by atoms with Crippen LogP contribution >= 0.6 is 0 Å². The molecule has 0 aromatic heterocycles. The molecule has 0 bridgehead atoms. The molecule has 0 radical (unpaired) electrons. The Morgan fingerprint density at radius 3 is 1.76 bits per heavy atom. The van der Waals surface area contributed by atoms with Gasteiger partial charge in [-0.3, -0.25) is 0 Å². The number of fused-ring (bicyclic) bond motifs is 3. The maximum Gasteiger partial charge on any atom is 0.0990 e. The van der Waals surface area contributed by atoms with Gasteiger partial charge in [-0.15, -0.1) is 0 Å². The lowest BCUT2D eigenvalue weighted by Crippen LogP contribution is -2.40. The van der Waals surface area contributed by atoms with Crippen molar-refractivity contribution in [3.63, 3.8) is 0 Å². The fourth-order valence-electron chi connectivity index (χ4n) is 3.46. The molecule has 0 aromatic rings. The Hall–Kier alpha value is -0.863. The Morgan fingerprint density at radius 2 is 1.29 bits per heavy atom. The summed E-state index contributed by atoms with van der Waals surface area (Å²) in [5.41, 5.74) is 0.869. The van der Waals surface area contributed by atoms with Crippen molar-refractivity contribution in [2.45, 2.75) is 31.5 Å². The minimum absolute atomic E-state index is 0.146. The van der Waals surface area contributed by atoms with Gasteiger partial charge in [-0.2, -0.15) is 0 Å². The maximum atomic E-state index is 2.82. The van der Waals surface area contributed by atoms with Gasteiger partial charge >= 0.3 is 0 Å². The Bertz CT molecular complexity index is 371. The summed E-state index contributed by atoms with van der Waals surface area (Å²) in [7, 11) is -0.146. The van der Waals surface area contributed by atoms with E-state index in [1.807, 2.05) is 0 Å². The van der Waals surface area contributed by atoms with Gasteiger partial charge in [0, 0.05) is 23.9 Å². The van der Waals surface area contributed by atoms with Crippen LogP contribution < -0.4 is 0 Å². The number of nitrogens with zero attached hydrogens (tertiary/aromatic N) is 1. The zero-order valence-electron chi connectivity index (χ0n) is 10.7. The van der Waals surface area contributed by atoms with Gasteiger partial charge in [0.1, 0.15) is 0 Å². The highest BCUT2D eigenvalue weighted by atomic mass is 28.2. The second kappa shape index (κ2) is 4.43. The number of hydrogen-bond donors (Lipinski definition) is 0. The summed E-state index contributed by atoms with van der Waals surface area (Å²) < 4.78 is 2.82. The zero-order chi connectivity index (χ0) is 11.8. The average molecular weight is 243 g/mol. The summed E-state index contributed by atoms with van der Waals surface area (Å²) in [4.78, 5) is 0. The average Bonchev–Trinajstić information content (AvgIpc) is 2.65. The molecule has 2 heteroatoms. The second-order valence-electron chi connectivity index (χ2n) is 5.77. The third kappa shape index (κ3) is 1.89. The number of hydrogen-bond acceptors (Lipinski definition) is 1. The van der Waals surface area contributed by atoms with Gasteiger partial charge in [0.25, 0.3) is 0 Å². The molecule has 4 atom stereocenters. The first-order chi connectivity index (χ1) is 8.27. The molecule has 4 unspecified atom stereocenters. The van der Waals surface area contributed by atoms with Gasteiger partial charge in [0.15, 0.2) is 0 Å². The largest absolute Gasteiger partial charge is 0.316 e. The fraction of sp³-hybridized carbons (Fsp3) is 0.467. The topological polar surface area (TPSA) is 3.24 Å². The van der Waals surface area contributed by atoms with Crippen LogP contribution in [-0.2, 0) is 0 Å². The highest BCUT2D eigenvalue weighted by Crippen LogP contribution is 2.41. The predicted molar refractivity (Wildman–Crippen MR) is 76.6 cm³/mol. The molecule has 1 fully saturated rings. The van der Waals surface area contributed by atoms with Crippen molar-refractivity contribution in [2.24, 2.45) is 11.8 Å². The van der Waals surface area contributed by atoms with Crippen LogP contribution in [0.2, 0.25) is 5.54 Å². The summed E-state index contributed by atoms with van der Waals surface area (Å²) in [6, 6.07) is 1.33. The van der Waals surface area contributed by atoms with E-state index in [1.165, 1.54) is 0 Å². The van der Waals surface area contributed by atoms with E-state index < -0.39 is 0 Å². The molecule has 1 aliphatic heterocycles. The lowest BCUT2D eigenvalue weighted by Gasteiger charge is -2.30. The van der Waals surface area contributed by atoms with Crippen molar-refractivity contribution in [3.8, 4) is 0 Å². The van der Waals surface area contributed by atoms with Gasteiger partial charge in [-0.1, -0.05) is 62.5 Å². The summed E-state index contributed by atoms with van der Waals surface area (Å²) in [6.07, 6.45) is 18.6. The molecular formula is C15H21NSi. The molecule has 0 N–H and O–H groups in total. The second-order valence-corrected chi connectivity index (χ2v) is 8.49. The van der Waals surface area contributed by atoms with Crippen LogP contribution in [0.4, 0.5) is 0 Å². The van der Waals surface area contributed by atoms with E-state index in [1.54, 1.807) is 0 Å². The third-order valence-electron chi connectivity index (χ3n) is 4.08. The van der Waals surface area contributed by atoms with Crippen LogP contribution in [0, 0.1) is 11.8 Å². The van der Waals surface area contributed by atoms with E-state index in [2.05, 4.69) is 67.0 Å². The van der Waals surface area contributed by atoms with Crippen LogP contribution in [0.15, 0.2) is 48.6 Å². The molecule has 2 aliphatic carbocycles. The van der Waals surface area contributed by atoms with Crippen LogP contribution in [0.25, 0.3) is 0 Å². The predicted octanol–water partition coefficient (Wildman–Crippen LogP) is 2.44. The molecule has 0 amide bonds. The van der Waals surface area contributed by atoms with Gasteiger partial charge in [0.05, 0.1) is 9.68 Å². The smallest absolute Gasteiger partial charge is 0.0990 e. The van der Waals surface area contributed by atoms with Crippen molar-refractivity contribution in [1.29, 1.82) is 0 Å². The summed E-state index contributed by atoms with van der Waals surface area (Å²) in [6.45, 7) is 4.75. The normalized spacial score (nSPS) is 39.5. The molecule has 17 heavy (non-hydrogen) atoms. The van der Waals surface area contributed by atoms with E-state index in [0.29, 0.717) is 23.9 Å². The zero-order valence-corrected chi connectivity index (χ0v) is 12.1. The van der Waals surface area contributed by atoms with Gasteiger partial charge in [-0.25, -0.2) is 0 Å². The van der Waals surface area contributed by atoms with Crippen molar-refractivity contribution in [2.75, 3.05) is 0 Å². The lowest BCUT2D eigenvalue weighted by molar-refractivity contribution is 0.393. The molecular weight excluding hydrogens is 222 g/mol. The van der Waals surface area contributed by atoms with Crippen molar-refractivity contribution in [3.05, 3.63) is 48.6 Å². The van der Waals surface area contributed by atoms with Crippen molar-refractivity contribution >= 4 is 9.68 Å². The molecule has 0 spiro atoms. The Balaban J connectivity index is 1.92. The molecule has 3 rings (SSSR count). The lowest BCUT2D eigenvalue weighted by atomic mass is 9.83. The molecule has 1 heterocycles. The van der Waals surface area contributed by atoms with Crippen LogP contribution in [0.3, 0.4) is 0 Å². The Labute approximate surface area is 106 Å². The van der Waals surface area contributed by atoms with E-state index in [9.17, 15) is 0 Å². The molecule has 90 valence electrons. The number of rotatable bonds is 2. The first-order valence-corrected chi connectivity index (χ1v) is 8.18. The first kappa shape index (κ1) is 11.2. The highest BCUT2D eigenvalue weighted by Gasteiger charge is 2.44. The summed E-state index contributed by atoms with van der Waals surface area (Å²) in [5.74, 6) is 1.41. The maximum absolute atomic E-state index is 2.82. The molecule has 3 aliphatic rings. The third-order valence-corrected chi connectivity index (χ3v) is 6.08. The molecule has 1 nitrogen and oxygen atoms in total. The quantitative estimate of drug-likeness (QED) is 0.673. The number of allylic oxidation sites excluding steroid dienone is 4. The fourth-order valence-corrected chi connectivity index (χ4v) is 5.52. The van der Waals surface area contributed by atoms with Crippen LogP contribution in [0.1, 0.15) is 13.8 Å². The van der Waals surface area contributed by atoms with E-state index in [-0.39, 0.29) is 9.68 Å². The molecule has 1 saturated heterocycles. The SMILES string of the molecule is CC(C)[SiH2]N1C2C=CC=CC2C2C=CC=CC21. The summed E-state index contributed by atoms with van der Waals surface area (Å²) in [5, 5.41) is 0. The highest BCUT2D eigenvalue weighted by molar-refractivity contribution is 6.34. The minimum Gasteiger partial charge on any atom is -0.316 e. The van der Waals surface area contributed by atoms with Gasteiger partial charge in [-0.05, 0) is 5.54 Å². The van der Waals surface area contributed by atoms with Crippen LogP contribution in [0.5, 0.6) is 0 Å². The first-order valence-electron chi connectivity index (χ1n) is 6.73. The van der Waals surface area contributed by atoms with Crippen molar-refractivity contribution < 1.29 is 0 Å². The van der Waals surface area contributed by atoms with E-state index in [4.69, 9.17) is 0 Å².